The topological polar surface area (TPSA) is 153 Å². The van der Waals surface area contributed by atoms with E-state index in [0.29, 0.717) is 11.9 Å². The molecule has 0 radical (unpaired) electrons. The van der Waals surface area contributed by atoms with E-state index < -0.39 is 12.1 Å². The van der Waals surface area contributed by atoms with E-state index in [4.69, 9.17) is 9.84 Å². The molecule has 0 fully saturated rings. The van der Waals surface area contributed by atoms with Gasteiger partial charge in [0.25, 0.3) is 0 Å². The van der Waals surface area contributed by atoms with E-state index in [0.717, 1.165) is 43.9 Å². The highest BCUT2D eigenvalue weighted by molar-refractivity contribution is 5.94. The first-order valence-electron chi connectivity index (χ1n) is 13.9. The SMILES string of the molecule is C.C.COC(=O)Cc1c[nH]c2ccccc12.COC(=O)Cc1cn(C(=O)OC)c2ccccc12.O=C(O)Cc1c[nH]c2ccccc12. The van der Waals surface area contributed by atoms with Gasteiger partial charge in [0.1, 0.15) is 0 Å². The molecule has 0 atom stereocenters. The van der Waals surface area contributed by atoms with Crippen molar-refractivity contribution < 1.29 is 38.5 Å². The van der Waals surface area contributed by atoms with Gasteiger partial charge in [0.15, 0.2) is 0 Å². The molecule has 3 aromatic heterocycles. The zero-order valence-corrected chi connectivity index (χ0v) is 25.0. The Labute approximate surface area is 273 Å². The number of carboxylic acid groups (broad SMARTS) is 1. The minimum Gasteiger partial charge on any atom is -0.481 e. The quantitative estimate of drug-likeness (QED) is 0.131. The zero-order valence-electron chi connectivity index (χ0n) is 25.0. The number of fused-ring (bicyclic) bond motifs is 3. The van der Waals surface area contributed by atoms with Gasteiger partial charge in [-0.1, -0.05) is 69.5 Å². The summed E-state index contributed by atoms with van der Waals surface area (Å²) < 4.78 is 15.3. The number of nitrogens with zero attached hydrogens (tertiary/aromatic N) is 1. The zero-order chi connectivity index (χ0) is 32.3. The van der Waals surface area contributed by atoms with Gasteiger partial charge in [0.05, 0.1) is 46.1 Å². The molecule has 47 heavy (non-hydrogen) atoms. The molecule has 3 aromatic carbocycles. The third-order valence-electron chi connectivity index (χ3n) is 6.98. The Morgan fingerprint density at radius 1 is 0.617 bits per heavy atom. The number of methoxy groups -OCH3 is 3. The maximum absolute atomic E-state index is 11.6. The number of aliphatic carboxylic acids is 1. The van der Waals surface area contributed by atoms with Crippen LogP contribution in [0.3, 0.4) is 0 Å². The number of benzene rings is 3. The van der Waals surface area contributed by atoms with Crippen molar-refractivity contribution in [1.82, 2.24) is 14.5 Å². The normalized spacial score (nSPS) is 9.94. The summed E-state index contributed by atoms with van der Waals surface area (Å²) in [7, 11) is 4.05. The molecule has 11 nitrogen and oxygen atoms in total. The Hall–Kier alpha value is -5.84. The summed E-state index contributed by atoms with van der Waals surface area (Å²) in [6, 6.07) is 22.9. The highest BCUT2D eigenvalue weighted by Gasteiger charge is 2.15. The Morgan fingerprint density at radius 3 is 1.55 bits per heavy atom. The number of aromatic amines is 2. The van der Waals surface area contributed by atoms with Crippen molar-refractivity contribution in [3.8, 4) is 0 Å². The molecule has 0 aliphatic heterocycles. The van der Waals surface area contributed by atoms with Gasteiger partial charge >= 0.3 is 24.0 Å². The number of hydrogen-bond acceptors (Lipinski definition) is 7. The Bertz CT molecular complexity index is 1950. The number of carbonyl (C=O) groups is 4. The Morgan fingerprint density at radius 2 is 1.06 bits per heavy atom. The number of para-hydroxylation sites is 3. The molecule has 0 spiro atoms. The summed E-state index contributed by atoms with van der Waals surface area (Å²) in [6.07, 6.45) is 5.24. The average molecular weight is 644 g/mol. The van der Waals surface area contributed by atoms with Crippen molar-refractivity contribution in [1.29, 1.82) is 0 Å². The highest BCUT2D eigenvalue weighted by Crippen LogP contribution is 2.22. The summed E-state index contributed by atoms with van der Waals surface area (Å²) in [5, 5.41) is 11.5. The van der Waals surface area contributed by atoms with E-state index in [1.165, 1.54) is 25.9 Å². The van der Waals surface area contributed by atoms with Crippen LogP contribution in [0.1, 0.15) is 31.5 Å². The molecule has 3 heterocycles. The molecule has 6 aromatic rings. The number of H-pyrrole nitrogens is 2. The van der Waals surface area contributed by atoms with Crippen LogP contribution in [0.15, 0.2) is 91.4 Å². The lowest BCUT2D eigenvalue weighted by molar-refractivity contribution is -0.140. The second-order valence-corrected chi connectivity index (χ2v) is 9.81. The summed E-state index contributed by atoms with van der Waals surface area (Å²) in [5.74, 6) is -1.36. The van der Waals surface area contributed by atoms with E-state index in [-0.39, 0.29) is 39.6 Å². The molecule has 0 saturated carbocycles. The van der Waals surface area contributed by atoms with Crippen LogP contribution in [0.5, 0.6) is 0 Å². The Kier molecular flexibility index (Phi) is 14.0. The summed E-state index contributed by atoms with van der Waals surface area (Å²) in [5.41, 5.74) is 5.30. The van der Waals surface area contributed by atoms with Crippen LogP contribution >= 0.6 is 0 Å². The average Bonchev–Trinajstić information content (AvgIpc) is 3.77. The lowest BCUT2D eigenvalue weighted by atomic mass is 10.1. The molecule has 0 unspecified atom stereocenters. The van der Waals surface area contributed by atoms with Crippen LogP contribution in [-0.4, -0.2) is 65.0 Å². The molecule has 0 amide bonds. The van der Waals surface area contributed by atoms with Crippen LogP contribution < -0.4 is 0 Å². The van der Waals surface area contributed by atoms with Gasteiger partial charge in [0, 0.05) is 45.8 Å². The largest absolute Gasteiger partial charge is 0.481 e. The standard InChI is InChI=1S/C13H13NO4.C11H11NO2.C10H9NO2.2CH4/c1-17-12(15)7-9-8-14(13(16)18-2)11-6-4-3-5-10(9)11;1-14-11(13)6-8-7-12-10-5-3-2-4-9(8)10;12-10(13)5-7-6-11-9-4-2-1-3-8(7)9;;/h3-6,8H,7H2,1-2H3;2-5,7,12H,6H2,1H3;1-4,6,11H,5H2,(H,12,13);2*1H4. The van der Waals surface area contributed by atoms with Gasteiger partial charge in [0.2, 0.25) is 0 Å². The van der Waals surface area contributed by atoms with E-state index >= 15 is 0 Å². The maximum atomic E-state index is 11.6. The first kappa shape index (κ1) is 37.3. The molecule has 11 heteroatoms. The number of aromatic nitrogens is 3. The van der Waals surface area contributed by atoms with Crippen LogP contribution in [0.2, 0.25) is 0 Å². The number of esters is 2. The van der Waals surface area contributed by atoms with Gasteiger partial charge < -0.3 is 29.3 Å². The van der Waals surface area contributed by atoms with E-state index in [9.17, 15) is 19.2 Å². The predicted octanol–water partition coefficient (Wildman–Crippen LogP) is 6.92. The second kappa shape index (κ2) is 17.6. The fourth-order valence-corrected chi connectivity index (χ4v) is 4.81. The third-order valence-corrected chi connectivity index (χ3v) is 6.98. The van der Waals surface area contributed by atoms with E-state index in [1.807, 2.05) is 72.9 Å². The maximum Gasteiger partial charge on any atom is 0.418 e. The molecule has 0 saturated heterocycles. The van der Waals surface area contributed by atoms with Crippen molar-refractivity contribution in [2.24, 2.45) is 0 Å². The van der Waals surface area contributed by atoms with Gasteiger partial charge in [-0.25, -0.2) is 4.79 Å². The summed E-state index contributed by atoms with van der Waals surface area (Å²) in [6.45, 7) is 0. The third kappa shape index (κ3) is 9.33. The highest BCUT2D eigenvalue weighted by atomic mass is 16.5. The van der Waals surface area contributed by atoms with Crippen LogP contribution in [0.4, 0.5) is 4.79 Å². The number of ether oxygens (including phenoxy) is 3. The minimum atomic E-state index is -0.801. The van der Waals surface area contributed by atoms with Crippen molar-refractivity contribution in [2.75, 3.05) is 21.3 Å². The number of carbonyl (C=O) groups excluding carboxylic acids is 3. The first-order chi connectivity index (χ1) is 21.7. The molecule has 3 N–H and O–H groups in total. The first-order valence-corrected chi connectivity index (χ1v) is 13.9. The van der Waals surface area contributed by atoms with Crippen LogP contribution in [0.25, 0.3) is 32.7 Å². The van der Waals surface area contributed by atoms with Crippen molar-refractivity contribution in [3.63, 3.8) is 0 Å². The monoisotopic (exact) mass is 643 g/mol. The summed E-state index contributed by atoms with van der Waals surface area (Å²) >= 11 is 0. The Balaban J connectivity index is 0.000000243. The van der Waals surface area contributed by atoms with E-state index in [2.05, 4.69) is 19.4 Å². The molecular formula is C36H41N3O8. The molecule has 0 aliphatic rings. The minimum absolute atomic E-state index is 0. The van der Waals surface area contributed by atoms with Crippen molar-refractivity contribution >= 4 is 56.7 Å². The van der Waals surface area contributed by atoms with Gasteiger partial charge in [-0.15, -0.1) is 0 Å². The molecule has 0 bridgehead atoms. The molecule has 248 valence electrons. The number of carboxylic acids is 1. The molecular weight excluding hydrogens is 602 g/mol. The van der Waals surface area contributed by atoms with Gasteiger partial charge in [-0.05, 0) is 34.9 Å². The smallest absolute Gasteiger partial charge is 0.418 e. The van der Waals surface area contributed by atoms with E-state index in [1.54, 1.807) is 18.5 Å². The predicted molar refractivity (Wildman–Crippen MR) is 183 cm³/mol. The second-order valence-electron chi connectivity index (χ2n) is 9.81. The fourth-order valence-electron chi connectivity index (χ4n) is 4.81. The lowest BCUT2D eigenvalue weighted by Crippen LogP contribution is -2.10. The van der Waals surface area contributed by atoms with Crippen molar-refractivity contribution in [3.05, 3.63) is 108 Å². The van der Waals surface area contributed by atoms with Gasteiger partial charge in [-0.3, -0.25) is 19.0 Å². The fraction of sp³-hybridized carbons (Fsp3) is 0.222. The van der Waals surface area contributed by atoms with Crippen LogP contribution in [-0.2, 0) is 47.9 Å². The molecule has 6 rings (SSSR count). The summed E-state index contributed by atoms with van der Waals surface area (Å²) in [4.78, 5) is 50.7. The molecule has 0 aliphatic carbocycles. The number of nitrogens with one attached hydrogen (secondary N) is 2. The lowest BCUT2D eigenvalue weighted by Gasteiger charge is -2.00. The number of rotatable bonds is 6. The number of hydrogen-bond donors (Lipinski definition) is 3. The van der Waals surface area contributed by atoms with Crippen LogP contribution in [0, 0.1) is 0 Å². The van der Waals surface area contributed by atoms with Crippen molar-refractivity contribution in [2.45, 2.75) is 34.1 Å². The van der Waals surface area contributed by atoms with Gasteiger partial charge in [-0.2, -0.15) is 0 Å².